The minimum Gasteiger partial charge on any atom is -0.451 e. The minimum absolute atomic E-state index is 0.0168. The van der Waals surface area contributed by atoms with Crippen LogP contribution in [0.2, 0.25) is 0 Å². The Bertz CT molecular complexity index is 311. The molecule has 1 heterocycles. The lowest BCUT2D eigenvalue weighted by Crippen LogP contribution is -2.38. The summed E-state index contributed by atoms with van der Waals surface area (Å²) in [5, 5.41) is 0. The van der Waals surface area contributed by atoms with Crippen molar-refractivity contribution in [1.82, 2.24) is 0 Å². The lowest BCUT2D eigenvalue weighted by atomic mass is 9.76. The van der Waals surface area contributed by atoms with E-state index < -0.39 is 11.0 Å². The van der Waals surface area contributed by atoms with Crippen molar-refractivity contribution in [3.63, 3.8) is 0 Å². The second-order valence-electron chi connectivity index (χ2n) is 5.49. The molecule has 2 unspecified atom stereocenters. The van der Waals surface area contributed by atoms with Crippen LogP contribution in [-0.2, 0) is 14.3 Å². The van der Waals surface area contributed by atoms with Gasteiger partial charge in [0, 0.05) is 0 Å². The number of unbranched alkanes of at least 4 members (excludes halogenated alkanes) is 2. The van der Waals surface area contributed by atoms with E-state index in [9.17, 15) is 9.59 Å². The maximum Gasteiger partial charge on any atom is 0.320 e. The second kappa shape index (κ2) is 5.19. The van der Waals surface area contributed by atoms with Gasteiger partial charge in [0.25, 0.3) is 0 Å². The van der Waals surface area contributed by atoms with E-state index in [4.69, 9.17) is 4.74 Å². The Morgan fingerprint density at radius 1 is 1.00 bits per heavy atom. The van der Waals surface area contributed by atoms with Crippen LogP contribution in [0.3, 0.4) is 0 Å². The number of carbonyl (C=O) groups excluding carboxylic acids is 2. The first-order valence-corrected chi connectivity index (χ1v) is 6.69. The Morgan fingerprint density at radius 2 is 1.53 bits per heavy atom. The molecule has 0 N–H and O–H groups in total. The van der Waals surface area contributed by atoms with Gasteiger partial charge in [0.2, 0.25) is 0 Å². The molecule has 0 aromatic carbocycles. The van der Waals surface area contributed by atoms with Crippen LogP contribution in [0.1, 0.15) is 66.2 Å². The van der Waals surface area contributed by atoms with Crippen molar-refractivity contribution < 1.29 is 14.3 Å². The molecule has 3 heteroatoms. The molecule has 1 rings (SSSR count). The molecule has 0 aromatic rings. The Morgan fingerprint density at radius 3 is 2.06 bits per heavy atom. The number of ether oxygens (including phenoxy) is 1. The molecule has 1 fully saturated rings. The SMILES string of the molecule is CCCCC1(C)OC(=O)C(C)(CCCC)C1=O. The maximum absolute atomic E-state index is 12.4. The summed E-state index contributed by atoms with van der Waals surface area (Å²) in [6.45, 7) is 7.63. The monoisotopic (exact) mass is 240 g/mol. The average Bonchev–Trinajstić information content (AvgIpc) is 2.47. The van der Waals surface area contributed by atoms with E-state index in [1.165, 1.54) is 0 Å². The van der Waals surface area contributed by atoms with Crippen LogP contribution < -0.4 is 0 Å². The molecule has 0 spiro atoms. The zero-order chi connectivity index (χ0) is 13.1. The van der Waals surface area contributed by atoms with Gasteiger partial charge in [-0.2, -0.15) is 0 Å². The molecule has 0 amide bonds. The third-order valence-corrected chi connectivity index (χ3v) is 3.79. The lowest BCUT2D eigenvalue weighted by molar-refractivity contribution is -0.153. The largest absolute Gasteiger partial charge is 0.451 e. The van der Waals surface area contributed by atoms with Crippen molar-refractivity contribution in [1.29, 1.82) is 0 Å². The standard InChI is InChI=1S/C14H24O3/c1-5-7-9-13(3)11(15)14(4,10-8-6-2)17-12(13)16/h5-10H2,1-4H3. The predicted molar refractivity (Wildman–Crippen MR) is 66.7 cm³/mol. The zero-order valence-corrected chi connectivity index (χ0v) is 11.5. The molecule has 1 saturated heterocycles. The fourth-order valence-electron chi connectivity index (χ4n) is 2.46. The molecule has 0 saturated carbocycles. The summed E-state index contributed by atoms with van der Waals surface area (Å²) in [6.07, 6.45) is 5.06. The third-order valence-electron chi connectivity index (χ3n) is 3.79. The fourth-order valence-corrected chi connectivity index (χ4v) is 2.46. The summed E-state index contributed by atoms with van der Waals surface area (Å²) in [7, 11) is 0. The van der Waals surface area contributed by atoms with Crippen molar-refractivity contribution in [2.75, 3.05) is 0 Å². The number of ketones is 1. The van der Waals surface area contributed by atoms with Gasteiger partial charge in [-0.3, -0.25) is 9.59 Å². The van der Waals surface area contributed by atoms with Crippen molar-refractivity contribution >= 4 is 11.8 Å². The van der Waals surface area contributed by atoms with Gasteiger partial charge in [0.05, 0.1) is 0 Å². The van der Waals surface area contributed by atoms with Crippen LogP contribution in [0.4, 0.5) is 0 Å². The average molecular weight is 240 g/mol. The number of hydrogen-bond acceptors (Lipinski definition) is 3. The molecule has 0 radical (unpaired) electrons. The number of hydrogen-bond donors (Lipinski definition) is 0. The van der Waals surface area contributed by atoms with E-state index in [1.807, 2.05) is 0 Å². The predicted octanol–water partition coefficient (Wildman–Crippen LogP) is 3.26. The number of Topliss-reactive ketones (excluding diaryl/α,β-unsaturated/α-hetero) is 1. The second-order valence-corrected chi connectivity index (χ2v) is 5.49. The van der Waals surface area contributed by atoms with Crippen LogP contribution in [0.25, 0.3) is 0 Å². The van der Waals surface area contributed by atoms with Crippen LogP contribution in [0.15, 0.2) is 0 Å². The van der Waals surface area contributed by atoms with Gasteiger partial charge in [-0.25, -0.2) is 0 Å². The van der Waals surface area contributed by atoms with Crippen molar-refractivity contribution in [2.45, 2.75) is 71.8 Å². The Balaban J connectivity index is 2.83. The molecule has 1 aliphatic rings. The first-order chi connectivity index (χ1) is 7.90. The summed E-state index contributed by atoms with van der Waals surface area (Å²) >= 11 is 0. The molecular formula is C14H24O3. The van der Waals surface area contributed by atoms with Crippen LogP contribution in [0.5, 0.6) is 0 Å². The van der Waals surface area contributed by atoms with E-state index >= 15 is 0 Å². The summed E-state index contributed by atoms with van der Waals surface area (Å²) in [4.78, 5) is 24.4. The quantitative estimate of drug-likeness (QED) is 0.528. The number of rotatable bonds is 6. The highest BCUT2D eigenvalue weighted by Gasteiger charge is 2.58. The normalized spacial score (nSPS) is 32.9. The number of esters is 1. The van der Waals surface area contributed by atoms with Gasteiger partial charge in [-0.15, -0.1) is 0 Å². The molecular weight excluding hydrogens is 216 g/mol. The molecule has 0 bridgehead atoms. The number of cyclic esters (lactones) is 1. The summed E-state index contributed by atoms with van der Waals surface area (Å²) < 4.78 is 5.39. The highest BCUT2D eigenvalue weighted by atomic mass is 16.6. The van der Waals surface area contributed by atoms with Crippen LogP contribution >= 0.6 is 0 Å². The van der Waals surface area contributed by atoms with E-state index in [0.717, 1.165) is 25.7 Å². The molecule has 98 valence electrons. The zero-order valence-electron chi connectivity index (χ0n) is 11.5. The minimum atomic E-state index is -0.904. The van der Waals surface area contributed by atoms with Gasteiger partial charge >= 0.3 is 5.97 Å². The van der Waals surface area contributed by atoms with Crippen LogP contribution in [-0.4, -0.2) is 17.4 Å². The van der Waals surface area contributed by atoms with Gasteiger partial charge in [0.15, 0.2) is 11.4 Å². The number of carbonyl (C=O) groups is 2. The summed E-state index contributed by atoms with van der Waals surface area (Å²) in [5.74, 6) is -0.341. The van der Waals surface area contributed by atoms with E-state index in [-0.39, 0.29) is 11.8 Å². The highest BCUT2D eigenvalue weighted by molar-refractivity contribution is 6.12. The molecule has 0 aliphatic carbocycles. The van der Waals surface area contributed by atoms with Gasteiger partial charge < -0.3 is 4.74 Å². The van der Waals surface area contributed by atoms with Crippen molar-refractivity contribution in [3.8, 4) is 0 Å². The topological polar surface area (TPSA) is 43.4 Å². The maximum atomic E-state index is 12.4. The molecule has 0 aromatic heterocycles. The van der Waals surface area contributed by atoms with Crippen molar-refractivity contribution in [2.24, 2.45) is 5.41 Å². The van der Waals surface area contributed by atoms with Gasteiger partial charge in [0.1, 0.15) is 5.41 Å². The lowest BCUT2D eigenvalue weighted by Gasteiger charge is -2.22. The van der Waals surface area contributed by atoms with Crippen molar-refractivity contribution in [3.05, 3.63) is 0 Å². The molecule has 3 nitrogen and oxygen atoms in total. The summed E-state index contributed by atoms with van der Waals surface area (Å²) in [5.41, 5.74) is -1.78. The smallest absolute Gasteiger partial charge is 0.320 e. The summed E-state index contributed by atoms with van der Waals surface area (Å²) in [6, 6.07) is 0. The molecule has 2 atom stereocenters. The fraction of sp³-hybridized carbons (Fsp3) is 0.857. The molecule has 1 aliphatic heterocycles. The van der Waals surface area contributed by atoms with E-state index in [0.29, 0.717) is 12.8 Å². The highest BCUT2D eigenvalue weighted by Crippen LogP contribution is 2.42. The first-order valence-electron chi connectivity index (χ1n) is 6.69. The van der Waals surface area contributed by atoms with Crippen LogP contribution in [0, 0.1) is 5.41 Å². The van der Waals surface area contributed by atoms with Gasteiger partial charge in [-0.05, 0) is 33.1 Å². The Labute approximate surface area is 104 Å². The Kier molecular flexibility index (Phi) is 4.34. The van der Waals surface area contributed by atoms with E-state index in [1.54, 1.807) is 13.8 Å². The first kappa shape index (κ1) is 14.2. The Hall–Kier alpha value is -0.860. The molecule has 17 heavy (non-hydrogen) atoms. The van der Waals surface area contributed by atoms with E-state index in [2.05, 4.69) is 13.8 Å². The van der Waals surface area contributed by atoms with Gasteiger partial charge in [-0.1, -0.05) is 33.1 Å². The third kappa shape index (κ3) is 2.53.